The van der Waals surface area contributed by atoms with Crippen LogP contribution in [0.3, 0.4) is 0 Å². The summed E-state index contributed by atoms with van der Waals surface area (Å²) in [5, 5.41) is 12.8. The maximum Gasteiger partial charge on any atom is 0.329 e. The van der Waals surface area contributed by atoms with Crippen molar-refractivity contribution < 1.29 is 19.4 Å². The number of carboxylic acid groups (broad SMARTS) is 1. The Bertz CT molecular complexity index is 925. The predicted molar refractivity (Wildman–Crippen MR) is 101 cm³/mol. The van der Waals surface area contributed by atoms with E-state index in [1.807, 2.05) is 0 Å². The van der Waals surface area contributed by atoms with Gasteiger partial charge in [0, 0.05) is 36.7 Å². The zero-order valence-corrected chi connectivity index (χ0v) is 16.0. The van der Waals surface area contributed by atoms with Gasteiger partial charge in [0.15, 0.2) is 0 Å². The van der Waals surface area contributed by atoms with E-state index in [2.05, 4.69) is 15.3 Å². The fourth-order valence-corrected chi connectivity index (χ4v) is 3.62. The summed E-state index contributed by atoms with van der Waals surface area (Å²) in [7, 11) is 0. The highest BCUT2D eigenvalue weighted by Crippen LogP contribution is 2.31. The van der Waals surface area contributed by atoms with Crippen LogP contribution in [0.15, 0.2) is 18.5 Å². The van der Waals surface area contributed by atoms with E-state index in [4.69, 9.17) is 21.4 Å². The molecular formula is C18H20ClN5O4. The van der Waals surface area contributed by atoms with E-state index in [0.29, 0.717) is 41.1 Å². The molecule has 1 fully saturated rings. The predicted octanol–water partition coefficient (Wildman–Crippen LogP) is 2.45. The monoisotopic (exact) mass is 405 g/mol. The molecule has 0 bridgehead atoms. The van der Waals surface area contributed by atoms with Crippen LogP contribution in [0.4, 0.5) is 10.7 Å². The van der Waals surface area contributed by atoms with Crippen LogP contribution in [0.5, 0.6) is 0 Å². The van der Waals surface area contributed by atoms with E-state index < -0.39 is 12.0 Å². The van der Waals surface area contributed by atoms with Gasteiger partial charge in [-0.3, -0.25) is 4.57 Å². The molecule has 0 saturated carbocycles. The summed E-state index contributed by atoms with van der Waals surface area (Å²) in [6.45, 7) is 3.13. The highest BCUT2D eigenvalue weighted by atomic mass is 35.5. The minimum Gasteiger partial charge on any atom is -0.480 e. The molecule has 1 saturated heterocycles. The Labute approximate surface area is 166 Å². The van der Waals surface area contributed by atoms with Gasteiger partial charge in [0.25, 0.3) is 0 Å². The van der Waals surface area contributed by atoms with Crippen molar-refractivity contribution >= 4 is 29.5 Å². The molecule has 0 spiro atoms. The van der Waals surface area contributed by atoms with Gasteiger partial charge in [-0.25, -0.2) is 19.6 Å². The third-order valence-electron chi connectivity index (χ3n) is 5.08. The molecule has 0 aliphatic carbocycles. The molecule has 0 radical (unpaired) electrons. The van der Waals surface area contributed by atoms with Gasteiger partial charge in [-0.05, 0) is 25.8 Å². The number of carboxylic acids is 1. The summed E-state index contributed by atoms with van der Waals surface area (Å²) < 4.78 is 6.80. The number of carbonyl (C=O) groups excluding carboxylic acids is 1. The van der Waals surface area contributed by atoms with Gasteiger partial charge in [-0.15, -0.1) is 0 Å². The Kier molecular flexibility index (Phi) is 4.94. The van der Waals surface area contributed by atoms with Crippen molar-refractivity contribution in [2.24, 2.45) is 0 Å². The first-order chi connectivity index (χ1) is 13.4. The van der Waals surface area contributed by atoms with Crippen LogP contribution >= 0.6 is 11.6 Å². The number of aliphatic carboxylic acids is 1. The van der Waals surface area contributed by atoms with Crippen molar-refractivity contribution in [3.8, 4) is 11.3 Å². The number of fused-ring (bicyclic) bond motifs is 1. The molecule has 2 aliphatic rings. The Morgan fingerprint density at radius 3 is 2.86 bits per heavy atom. The van der Waals surface area contributed by atoms with Gasteiger partial charge in [-0.1, -0.05) is 11.6 Å². The zero-order chi connectivity index (χ0) is 19.8. The lowest BCUT2D eigenvalue weighted by Gasteiger charge is -2.23. The Balaban J connectivity index is 1.57. The molecule has 148 valence electrons. The van der Waals surface area contributed by atoms with Crippen molar-refractivity contribution in [1.82, 2.24) is 19.4 Å². The van der Waals surface area contributed by atoms with Crippen LogP contribution in [0.1, 0.15) is 25.5 Å². The first-order valence-corrected chi connectivity index (χ1v) is 9.44. The van der Waals surface area contributed by atoms with Crippen LogP contribution in [0.25, 0.3) is 11.3 Å². The van der Waals surface area contributed by atoms with Gasteiger partial charge in [0.05, 0.1) is 23.5 Å². The lowest BCUT2D eigenvalue weighted by atomic mass is 10.1. The molecule has 2 N–H and O–H groups in total. The van der Waals surface area contributed by atoms with Gasteiger partial charge in [0.2, 0.25) is 5.95 Å². The summed E-state index contributed by atoms with van der Waals surface area (Å²) in [6, 6.07) is 0.781. The van der Waals surface area contributed by atoms with Crippen LogP contribution in [-0.2, 0) is 16.1 Å². The molecule has 4 rings (SSSR count). The van der Waals surface area contributed by atoms with Gasteiger partial charge in [-0.2, -0.15) is 0 Å². The molecule has 4 heterocycles. The summed E-state index contributed by atoms with van der Waals surface area (Å²) in [4.78, 5) is 33.8. The average Bonchev–Trinajstić information content (AvgIpc) is 3.23. The normalized spacial score (nSPS) is 18.2. The molecule has 1 atom stereocenters. The fourth-order valence-electron chi connectivity index (χ4n) is 3.42. The molecular weight excluding hydrogens is 386 g/mol. The second-order valence-electron chi connectivity index (χ2n) is 6.94. The number of rotatable bonds is 5. The second-order valence-corrected chi connectivity index (χ2v) is 7.34. The third kappa shape index (κ3) is 3.43. The Hall–Kier alpha value is -2.65. The van der Waals surface area contributed by atoms with Crippen LogP contribution in [0, 0.1) is 0 Å². The summed E-state index contributed by atoms with van der Waals surface area (Å²) in [5.74, 6) is -0.563. The molecule has 0 aromatic carbocycles. The smallest absolute Gasteiger partial charge is 0.329 e. The SMILES string of the molecule is C[C@H](C(=O)O)N1Cc2cc(-c3nc(NC4CCOCC4)ncc3Cl)cn2C1=O. The minimum absolute atomic E-state index is 0.224. The average molecular weight is 406 g/mol. The first-order valence-electron chi connectivity index (χ1n) is 9.06. The molecule has 9 nitrogen and oxygen atoms in total. The van der Waals surface area contributed by atoms with E-state index in [0.717, 1.165) is 12.8 Å². The van der Waals surface area contributed by atoms with Crippen molar-refractivity contribution in [2.45, 2.75) is 38.4 Å². The van der Waals surface area contributed by atoms with Crippen LogP contribution in [0.2, 0.25) is 5.02 Å². The number of nitrogens with one attached hydrogen (secondary N) is 1. The van der Waals surface area contributed by atoms with Crippen molar-refractivity contribution in [2.75, 3.05) is 18.5 Å². The van der Waals surface area contributed by atoms with Gasteiger partial charge < -0.3 is 20.1 Å². The lowest BCUT2D eigenvalue weighted by molar-refractivity contribution is -0.141. The molecule has 2 aromatic heterocycles. The number of hydrogen-bond donors (Lipinski definition) is 2. The number of ether oxygens (including phenoxy) is 1. The number of hydrogen-bond acceptors (Lipinski definition) is 6. The highest BCUT2D eigenvalue weighted by molar-refractivity contribution is 6.32. The Morgan fingerprint density at radius 1 is 1.43 bits per heavy atom. The van der Waals surface area contributed by atoms with Crippen LogP contribution < -0.4 is 5.32 Å². The fraction of sp³-hybridized carbons (Fsp3) is 0.444. The molecule has 0 unspecified atom stereocenters. The largest absolute Gasteiger partial charge is 0.480 e. The summed E-state index contributed by atoms with van der Waals surface area (Å²) >= 11 is 6.30. The highest BCUT2D eigenvalue weighted by Gasteiger charge is 2.34. The van der Waals surface area contributed by atoms with Gasteiger partial charge >= 0.3 is 12.0 Å². The van der Waals surface area contributed by atoms with Gasteiger partial charge in [0.1, 0.15) is 6.04 Å². The lowest BCUT2D eigenvalue weighted by Crippen LogP contribution is -2.39. The quantitative estimate of drug-likeness (QED) is 0.786. The molecule has 28 heavy (non-hydrogen) atoms. The van der Waals surface area contributed by atoms with E-state index in [1.165, 1.54) is 22.6 Å². The first kappa shape index (κ1) is 18.7. The van der Waals surface area contributed by atoms with E-state index in [-0.39, 0.29) is 18.6 Å². The molecule has 1 amide bonds. The number of halogens is 1. The van der Waals surface area contributed by atoms with Crippen molar-refractivity contribution in [3.63, 3.8) is 0 Å². The molecule has 2 aromatic rings. The topological polar surface area (TPSA) is 110 Å². The number of amides is 1. The Morgan fingerprint density at radius 2 is 2.18 bits per heavy atom. The van der Waals surface area contributed by atoms with E-state index >= 15 is 0 Å². The zero-order valence-electron chi connectivity index (χ0n) is 15.3. The van der Waals surface area contributed by atoms with E-state index in [1.54, 1.807) is 12.3 Å². The van der Waals surface area contributed by atoms with E-state index in [9.17, 15) is 9.59 Å². The van der Waals surface area contributed by atoms with Crippen molar-refractivity contribution in [1.29, 1.82) is 0 Å². The second kappa shape index (κ2) is 7.40. The summed E-state index contributed by atoms with van der Waals surface area (Å²) in [5.41, 5.74) is 1.91. The minimum atomic E-state index is -1.04. The third-order valence-corrected chi connectivity index (χ3v) is 5.36. The number of anilines is 1. The maximum absolute atomic E-state index is 12.5. The van der Waals surface area contributed by atoms with Crippen LogP contribution in [-0.4, -0.2) is 61.8 Å². The maximum atomic E-state index is 12.5. The molecule has 10 heteroatoms. The standard InChI is InChI=1S/C18H20ClN5O4/c1-10(16(25)26)23-9-13-6-11(8-24(13)18(23)27)15-14(19)7-20-17(22-15)21-12-2-4-28-5-3-12/h6-8,10,12H,2-5,9H2,1H3,(H,25,26)(H,20,21,22)/t10-/m1/s1. The number of carbonyl (C=O) groups is 2. The number of nitrogens with zero attached hydrogens (tertiary/aromatic N) is 4. The summed E-state index contributed by atoms with van der Waals surface area (Å²) in [6.07, 6.45) is 4.94. The molecule has 2 aliphatic heterocycles. The van der Waals surface area contributed by atoms with Crippen molar-refractivity contribution in [3.05, 3.63) is 29.2 Å². The number of aromatic nitrogens is 3.